The maximum absolute atomic E-state index is 12.8. The van der Waals surface area contributed by atoms with Crippen molar-refractivity contribution in [2.75, 3.05) is 14.1 Å². The average molecular weight is 474 g/mol. The van der Waals surface area contributed by atoms with E-state index in [1.165, 1.54) is 12.4 Å². The van der Waals surface area contributed by atoms with Crippen molar-refractivity contribution in [2.24, 2.45) is 10.7 Å². The van der Waals surface area contributed by atoms with Gasteiger partial charge in [0.15, 0.2) is 6.29 Å². The first-order valence-corrected chi connectivity index (χ1v) is 11.0. The summed E-state index contributed by atoms with van der Waals surface area (Å²) in [5.74, 6) is -0.313. The minimum atomic E-state index is -0.313. The molecule has 0 spiro atoms. The Morgan fingerprint density at radius 1 is 1.11 bits per heavy atom. The molecule has 0 unspecified atom stereocenters. The Morgan fingerprint density at radius 2 is 1.83 bits per heavy atom. The molecule has 1 amide bonds. The predicted octanol–water partition coefficient (Wildman–Crippen LogP) is 3.17. The van der Waals surface area contributed by atoms with Crippen molar-refractivity contribution in [3.63, 3.8) is 0 Å². The molecule has 9 nitrogen and oxygen atoms in total. The topological polar surface area (TPSA) is 135 Å². The second-order valence-electron chi connectivity index (χ2n) is 7.85. The van der Waals surface area contributed by atoms with E-state index in [1.807, 2.05) is 40.9 Å². The number of nitrogens with zero attached hydrogens (tertiary/aromatic N) is 4. The van der Waals surface area contributed by atoms with Crippen LogP contribution < -0.4 is 16.4 Å². The van der Waals surface area contributed by atoms with Crippen molar-refractivity contribution in [1.82, 2.24) is 25.6 Å². The van der Waals surface area contributed by atoms with Gasteiger partial charge in [-0.2, -0.15) is 0 Å². The maximum atomic E-state index is 12.8. The van der Waals surface area contributed by atoms with Gasteiger partial charge in [0.2, 0.25) is 0 Å². The van der Waals surface area contributed by atoms with Crippen molar-refractivity contribution in [2.45, 2.75) is 26.8 Å². The van der Waals surface area contributed by atoms with E-state index in [4.69, 9.17) is 5.73 Å². The van der Waals surface area contributed by atoms with Gasteiger partial charge in [0.1, 0.15) is 5.69 Å². The van der Waals surface area contributed by atoms with Gasteiger partial charge in [0.25, 0.3) is 5.91 Å². The molecule has 0 aliphatic heterocycles. The number of allylic oxidation sites excluding steroid dienone is 1. The number of nitrogens with two attached hydrogens (primary N) is 1. The number of aliphatic imine (C=N–C) groups is 1. The van der Waals surface area contributed by atoms with Crippen molar-refractivity contribution in [3.8, 4) is 22.5 Å². The van der Waals surface area contributed by atoms with Gasteiger partial charge >= 0.3 is 0 Å². The Bertz CT molecular complexity index is 1220. The fraction of sp³-hybridized carbons (Fsp3) is 0.231. The molecule has 0 bridgehead atoms. The van der Waals surface area contributed by atoms with Crippen LogP contribution in [0.3, 0.4) is 0 Å². The summed E-state index contributed by atoms with van der Waals surface area (Å²) in [5.41, 5.74) is 10.4. The van der Waals surface area contributed by atoms with Crippen LogP contribution in [0.5, 0.6) is 0 Å². The minimum absolute atomic E-state index is 0.0849. The summed E-state index contributed by atoms with van der Waals surface area (Å²) in [4.78, 5) is 41.0. The highest BCUT2D eigenvalue weighted by Crippen LogP contribution is 2.25. The van der Waals surface area contributed by atoms with Gasteiger partial charge in [-0.15, -0.1) is 0 Å². The maximum Gasteiger partial charge on any atom is 0.255 e. The number of benzene rings is 1. The van der Waals surface area contributed by atoms with Crippen LogP contribution in [0.25, 0.3) is 22.5 Å². The third-order valence-corrected chi connectivity index (χ3v) is 4.56. The number of pyridine rings is 1. The average Bonchev–Trinajstić information content (AvgIpc) is 2.87. The minimum Gasteiger partial charge on any atom is -0.403 e. The van der Waals surface area contributed by atoms with Crippen LogP contribution in [0.15, 0.2) is 65.8 Å². The normalized spacial score (nSPS) is 11.2. The van der Waals surface area contributed by atoms with E-state index in [2.05, 4.69) is 30.6 Å². The van der Waals surface area contributed by atoms with E-state index in [9.17, 15) is 9.59 Å². The quantitative estimate of drug-likeness (QED) is 0.354. The van der Waals surface area contributed by atoms with Gasteiger partial charge in [-0.1, -0.05) is 6.07 Å². The summed E-state index contributed by atoms with van der Waals surface area (Å²) in [6.45, 7) is 5.79. The zero-order valence-electron chi connectivity index (χ0n) is 20.6. The molecule has 0 fully saturated rings. The third kappa shape index (κ3) is 7.94. The van der Waals surface area contributed by atoms with Gasteiger partial charge in [0.05, 0.1) is 29.5 Å². The standard InChI is InChI=1S/C24H24N6O2.C2H7N/c1-15(2)28-11-20(10-25)29-24(32)18-5-4-16(3)21(9-18)23-13-26-12-22(30-23)17-6-7-27-19(8-17)14-31;1-3-2/h4-15H,25H2,1-3H3,(H,29,32);3H,1-2H3/b20-10+,28-11?;. The molecule has 0 saturated heterocycles. The molecule has 35 heavy (non-hydrogen) atoms. The number of hydrogen-bond acceptors (Lipinski definition) is 8. The zero-order chi connectivity index (χ0) is 25.8. The van der Waals surface area contributed by atoms with E-state index in [-0.39, 0.29) is 11.9 Å². The van der Waals surface area contributed by atoms with Crippen LogP contribution in [0.2, 0.25) is 0 Å². The summed E-state index contributed by atoms with van der Waals surface area (Å²) in [7, 11) is 3.75. The molecule has 2 aromatic heterocycles. The van der Waals surface area contributed by atoms with E-state index >= 15 is 0 Å². The van der Waals surface area contributed by atoms with E-state index < -0.39 is 0 Å². The summed E-state index contributed by atoms with van der Waals surface area (Å²) in [6, 6.07) is 8.84. The molecular formula is C26H31N7O2. The van der Waals surface area contributed by atoms with E-state index in [0.717, 1.165) is 16.7 Å². The van der Waals surface area contributed by atoms with Gasteiger partial charge in [-0.05, 0) is 64.7 Å². The Balaban J connectivity index is 0.00000137. The SMILES string of the molecule is CNC.Cc1ccc(C(=O)N/C(C=NC(C)C)=C/N)cc1-c1cncc(-c2ccnc(C=O)c2)n1. The fourth-order valence-electron chi connectivity index (χ4n) is 2.90. The first kappa shape index (κ1) is 27.0. The summed E-state index contributed by atoms with van der Waals surface area (Å²) < 4.78 is 0. The third-order valence-electron chi connectivity index (χ3n) is 4.56. The largest absolute Gasteiger partial charge is 0.403 e. The number of nitrogens with one attached hydrogen (secondary N) is 2. The van der Waals surface area contributed by atoms with Crippen molar-refractivity contribution in [1.29, 1.82) is 0 Å². The van der Waals surface area contributed by atoms with E-state index in [0.29, 0.717) is 34.6 Å². The van der Waals surface area contributed by atoms with Crippen LogP contribution >= 0.6 is 0 Å². The Hall–Kier alpha value is -4.24. The van der Waals surface area contributed by atoms with Crippen molar-refractivity contribution < 1.29 is 9.59 Å². The highest BCUT2D eigenvalue weighted by atomic mass is 16.1. The second-order valence-corrected chi connectivity index (χ2v) is 7.85. The van der Waals surface area contributed by atoms with Crippen molar-refractivity contribution >= 4 is 18.4 Å². The number of aromatic nitrogens is 3. The lowest BCUT2D eigenvalue weighted by molar-refractivity contribution is 0.0967. The fourth-order valence-corrected chi connectivity index (χ4v) is 2.90. The molecule has 0 atom stereocenters. The van der Waals surface area contributed by atoms with Gasteiger partial charge in [-0.25, -0.2) is 4.98 Å². The van der Waals surface area contributed by atoms with Gasteiger partial charge in [-0.3, -0.25) is 24.5 Å². The molecule has 0 radical (unpaired) electrons. The number of carbonyl (C=O) groups is 2. The molecule has 1 aromatic carbocycles. The number of aryl methyl sites for hydroxylation is 1. The van der Waals surface area contributed by atoms with Gasteiger partial charge in [0, 0.05) is 41.3 Å². The van der Waals surface area contributed by atoms with Crippen LogP contribution in [0.4, 0.5) is 0 Å². The Morgan fingerprint density at radius 3 is 2.49 bits per heavy atom. The predicted molar refractivity (Wildman–Crippen MR) is 139 cm³/mol. The van der Waals surface area contributed by atoms with Crippen LogP contribution in [0.1, 0.15) is 40.3 Å². The molecule has 4 N–H and O–H groups in total. The molecule has 0 aliphatic carbocycles. The number of aldehydes is 1. The molecule has 182 valence electrons. The molecule has 9 heteroatoms. The Labute approximate surface area is 205 Å². The second kappa shape index (κ2) is 13.5. The van der Waals surface area contributed by atoms with Crippen LogP contribution in [0, 0.1) is 6.92 Å². The first-order chi connectivity index (χ1) is 16.8. The lowest BCUT2D eigenvalue weighted by Crippen LogP contribution is -2.24. The zero-order valence-corrected chi connectivity index (χ0v) is 20.6. The highest BCUT2D eigenvalue weighted by Gasteiger charge is 2.13. The Kier molecular flexibility index (Phi) is 10.4. The van der Waals surface area contributed by atoms with Crippen LogP contribution in [-0.2, 0) is 0 Å². The molecule has 3 rings (SSSR count). The molecular weight excluding hydrogens is 442 g/mol. The lowest BCUT2D eigenvalue weighted by atomic mass is 10.0. The molecule has 0 saturated carbocycles. The van der Waals surface area contributed by atoms with Crippen molar-refractivity contribution in [3.05, 3.63) is 77.6 Å². The smallest absolute Gasteiger partial charge is 0.255 e. The van der Waals surface area contributed by atoms with E-state index in [1.54, 1.807) is 42.9 Å². The molecule has 0 aliphatic rings. The number of carbonyl (C=O) groups excluding carboxylic acids is 2. The monoisotopic (exact) mass is 473 g/mol. The van der Waals surface area contributed by atoms with Gasteiger partial charge < -0.3 is 16.4 Å². The number of amides is 1. The first-order valence-electron chi connectivity index (χ1n) is 11.0. The summed E-state index contributed by atoms with van der Waals surface area (Å²) >= 11 is 0. The molecule has 2 heterocycles. The summed E-state index contributed by atoms with van der Waals surface area (Å²) in [6.07, 6.45) is 8.32. The van der Waals surface area contributed by atoms with Crippen LogP contribution in [-0.4, -0.2) is 53.5 Å². The molecule has 3 aromatic rings. The lowest BCUT2D eigenvalue weighted by Gasteiger charge is -2.11. The number of hydrogen-bond donors (Lipinski definition) is 3. The highest BCUT2D eigenvalue weighted by molar-refractivity contribution is 5.99. The number of rotatable bonds is 7. The summed E-state index contributed by atoms with van der Waals surface area (Å²) in [5, 5.41) is 5.51.